The van der Waals surface area contributed by atoms with Crippen LogP contribution < -0.4 is 0 Å². The minimum Gasteiger partial charge on any atom is -0.480 e. The molecule has 0 radical (unpaired) electrons. The van der Waals surface area contributed by atoms with Crippen LogP contribution in [0.25, 0.3) is 10.9 Å². The zero-order chi connectivity index (χ0) is 11.0. The van der Waals surface area contributed by atoms with Crippen molar-refractivity contribution in [1.29, 1.82) is 0 Å². The highest BCUT2D eigenvalue weighted by Gasteiger charge is 2.14. The van der Waals surface area contributed by atoms with Gasteiger partial charge in [0.05, 0.1) is 0 Å². The lowest BCUT2D eigenvalue weighted by Crippen LogP contribution is -2.14. The van der Waals surface area contributed by atoms with Crippen molar-refractivity contribution in [3.63, 3.8) is 0 Å². The Morgan fingerprint density at radius 3 is 2.87 bits per heavy atom. The van der Waals surface area contributed by atoms with E-state index in [4.69, 9.17) is 5.11 Å². The first-order valence-corrected chi connectivity index (χ1v) is 4.58. The van der Waals surface area contributed by atoms with Crippen LogP contribution in [0.2, 0.25) is 0 Å². The van der Waals surface area contributed by atoms with E-state index < -0.39 is 12.0 Å². The highest BCUT2D eigenvalue weighted by Crippen LogP contribution is 2.20. The highest BCUT2D eigenvalue weighted by atomic mass is 19.1. The molecule has 0 fully saturated rings. The molecule has 0 aliphatic carbocycles. The minimum absolute atomic E-state index is 0.316. The summed E-state index contributed by atoms with van der Waals surface area (Å²) in [5.74, 6) is -1.22. The number of halogens is 1. The van der Waals surface area contributed by atoms with E-state index in [1.54, 1.807) is 29.8 Å². The Bertz CT molecular complexity index is 518. The number of aromatic nitrogens is 1. The van der Waals surface area contributed by atoms with Crippen molar-refractivity contribution in [1.82, 2.24) is 4.57 Å². The van der Waals surface area contributed by atoms with E-state index in [9.17, 15) is 9.18 Å². The highest BCUT2D eigenvalue weighted by molar-refractivity contribution is 5.83. The Balaban J connectivity index is 2.59. The molecule has 1 N–H and O–H groups in total. The van der Waals surface area contributed by atoms with Gasteiger partial charge in [0.1, 0.15) is 11.9 Å². The summed E-state index contributed by atoms with van der Waals surface area (Å²) in [7, 11) is 0. The maximum atomic E-state index is 12.9. The molecule has 2 aromatic rings. The van der Waals surface area contributed by atoms with Crippen LogP contribution >= 0.6 is 0 Å². The van der Waals surface area contributed by atoms with Gasteiger partial charge in [-0.05, 0) is 31.2 Å². The Morgan fingerprint density at radius 2 is 2.20 bits per heavy atom. The zero-order valence-electron chi connectivity index (χ0n) is 8.14. The van der Waals surface area contributed by atoms with Gasteiger partial charge in [-0.3, -0.25) is 0 Å². The van der Waals surface area contributed by atoms with Crippen molar-refractivity contribution in [2.75, 3.05) is 0 Å². The Kier molecular flexibility index (Phi) is 2.19. The fourth-order valence-electron chi connectivity index (χ4n) is 1.59. The number of aliphatic carboxylic acids is 1. The summed E-state index contributed by atoms with van der Waals surface area (Å²) in [5.41, 5.74) is 0.728. The summed E-state index contributed by atoms with van der Waals surface area (Å²) in [6.07, 6.45) is 1.66. The van der Waals surface area contributed by atoms with Crippen LogP contribution in [0.4, 0.5) is 4.39 Å². The van der Waals surface area contributed by atoms with Gasteiger partial charge in [0, 0.05) is 17.1 Å². The first-order chi connectivity index (χ1) is 7.09. The number of carbonyl (C=O) groups is 1. The summed E-state index contributed by atoms with van der Waals surface area (Å²) < 4.78 is 14.5. The standard InChI is InChI=1S/C11H10FNO2/c1-7(11(14)15)13-5-4-8-6-9(12)2-3-10(8)13/h2-7H,1H3,(H,14,15)/t7-/m0/s1. The molecule has 2 rings (SSSR count). The van der Waals surface area contributed by atoms with Gasteiger partial charge in [0.15, 0.2) is 0 Å². The van der Waals surface area contributed by atoms with Crippen molar-refractivity contribution in [3.8, 4) is 0 Å². The molecule has 0 aliphatic rings. The maximum absolute atomic E-state index is 12.9. The monoisotopic (exact) mass is 207 g/mol. The summed E-state index contributed by atoms with van der Waals surface area (Å²) in [5, 5.41) is 9.58. The molecule has 78 valence electrons. The summed E-state index contributed by atoms with van der Waals surface area (Å²) in [6.45, 7) is 1.59. The Hall–Kier alpha value is -1.84. The van der Waals surface area contributed by atoms with Gasteiger partial charge in [0.2, 0.25) is 0 Å². The molecule has 0 saturated heterocycles. The third-order valence-corrected chi connectivity index (χ3v) is 2.46. The second-order valence-electron chi connectivity index (χ2n) is 3.44. The van der Waals surface area contributed by atoms with E-state index in [0.29, 0.717) is 5.39 Å². The van der Waals surface area contributed by atoms with E-state index in [0.717, 1.165) is 5.52 Å². The summed E-state index contributed by atoms with van der Waals surface area (Å²) in [4.78, 5) is 10.8. The van der Waals surface area contributed by atoms with E-state index in [1.807, 2.05) is 0 Å². The summed E-state index contributed by atoms with van der Waals surface area (Å²) in [6, 6.07) is 5.36. The maximum Gasteiger partial charge on any atom is 0.326 e. The average Bonchev–Trinajstić information content (AvgIpc) is 2.59. The fourth-order valence-corrected chi connectivity index (χ4v) is 1.59. The Morgan fingerprint density at radius 1 is 1.47 bits per heavy atom. The van der Waals surface area contributed by atoms with Crippen LogP contribution in [-0.4, -0.2) is 15.6 Å². The molecule has 1 atom stereocenters. The molecule has 0 aliphatic heterocycles. The molecule has 0 unspecified atom stereocenters. The van der Waals surface area contributed by atoms with Crippen LogP contribution in [0.1, 0.15) is 13.0 Å². The largest absolute Gasteiger partial charge is 0.480 e. The van der Waals surface area contributed by atoms with Gasteiger partial charge in [-0.2, -0.15) is 0 Å². The second-order valence-corrected chi connectivity index (χ2v) is 3.44. The number of benzene rings is 1. The van der Waals surface area contributed by atoms with Gasteiger partial charge < -0.3 is 9.67 Å². The van der Waals surface area contributed by atoms with Crippen LogP contribution in [0.5, 0.6) is 0 Å². The van der Waals surface area contributed by atoms with Crippen molar-refractivity contribution >= 4 is 16.9 Å². The molecular formula is C11H10FNO2. The smallest absolute Gasteiger partial charge is 0.326 e. The molecule has 1 aromatic carbocycles. The molecule has 0 spiro atoms. The molecule has 0 bridgehead atoms. The average molecular weight is 207 g/mol. The SMILES string of the molecule is C[C@@H](C(=O)O)n1ccc2cc(F)ccc21. The number of hydrogen-bond acceptors (Lipinski definition) is 1. The van der Waals surface area contributed by atoms with Gasteiger partial charge in [-0.15, -0.1) is 0 Å². The summed E-state index contributed by atoms with van der Waals surface area (Å²) >= 11 is 0. The van der Waals surface area contributed by atoms with Crippen molar-refractivity contribution in [2.24, 2.45) is 0 Å². The number of nitrogens with zero attached hydrogens (tertiary/aromatic N) is 1. The zero-order valence-corrected chi connectivity index (χ0v) is 8.14. The van der Waals surface area contributed by atoms with E-state index in [2.05, 4.69) is 0 Å². The Labute approximate surface area is 85.7 Å². The van der Waals surface area contributed by atoms with Crippen LogP contribution in [0.15, 0.2) is 30.5 Å². The molecule has 15 heavy (non-hydrogen) atoms. The lowest BCUT2D eigenvalue weighted by molar-refractivity contribution is -0.140. The van der Waals surface area contributed by atoms with Gasteiger partial charge in [-0.1, -0.05) is 0 Å². The third-order valence-electron chi connectivity index (χ3n) is 2.46. The molecule has 0 saturated carbocycles. The third kappa shape index (κ3) is 1.58. The van der Waals surface area contributed by atoms with Gasteiger partial charge >= 0.3 is 5.97 Å². The second kappa shape index (κ2) is 3.38. The number of carboxylic acid groups (broad SMARTS) is 1. The fraction of sp³-hybridized carbons (Fsp3) is 0.182. The van der Waals surface area contributed by atoms with E-state index in [-0.39, 0.29) is 5.82 Å². The van der Waals surface area contributed by atoms with Crippen molar-refractivity contribution < 1.29 is 14.3 Å². The van der Waals surface area contributed by atoms with Crippen molar-refractivity contribution in [3.05, 3.63) is 36.3 Å². The predicted molar refractivity (Wildman–Crippen MR) is 54.2 cm³/mol. The van der Waals surface area contributed by atoms with Crippen molar-refractivity contribution in [2.45, 2.75) is 13.0 Å². The minimum atomic E-state index is -0.906. The van der Waals surface area contributed by atoms with Gasteiger partial charge in [0.25, 0.3) is 0 Å². The topological polar surface area (TPSA) is 42.2 Å². The number of hydrogen-bond donors (Lipinski definition) is 1. The van der Waals surface area contributed by atoms with E-state index in [1.165, 1.54) is 12.1 Å². The molecule has 1 heterocycles. The number of fused-ring (bicyclic) bond motifs is 1. The lowest BCUT2D eigenvalue weighted by Gasteiger charge is -2.09. The normalized spacial score (nSPS) is 12.9. The van der Waals surface area contributed by atoms with Crippen LogP contribution in [-0.2, 0) is 4.79 Å². The molecule has 1 aromatic heterocycles. The lowest BCUT2D eigenvalue weighted by atomic mass is 10.2. The molecule has 3 nitrogen and oxygen atoms in total. The molecule has 0 amide bonds. The van der Waals surface area contributed by atoms with Gasteiger partial charge in [-0.25, -0.2) is 9.18 Å². The first-order valence-electron chi connectivity index (χ1n) is 4.58. The first kappa shape index (κ1) is 9.71. The van der Waals surface area contributed by atoms with E-state index >= 15 is 0 Å². The molecule has 4 heteroatoms. The predicted octanol–water partition coefficient (Wildman–Crippen LogP) is 2.43. The van der Waals surface area contributed by atoms with Crippen LogP contribution in [0.3, 0.4) is 0 Å². The molecular weight excluding hydrogens is 197 g/mol. The van der Waals surface area contributed by atoms with Crippen LogP contribution in [0, 0.1) is 5.82 Å². The quantitative estimate of drug-likeness (QED) is 0.821. The number of carboxylic acids is 1. The number of rotatable bonds is 2.